The van der Waals surface area contributed by atoms with Crippen LogP contribution in [0.1, 0.15) is 32.1 Å². The fourth-order valence-electron chi connectivity index (χ4n) is 4.79. The van der Waals surface area contributed by atoms with E-state index in [4.69, 9.17) is 27.8 Å². The number of hydrogen-bond acceptors (Lipinski definition) is 9. The number of amides is 1. The van der Waals surface area contributed by atoms with Crippen molar-refractivity contribution in [3.8, 4) is 5.75 Å². The van der Waals surface area contributed by atoms with Crippen molar-refractivity contribution in [3.63, 3.8) is 0 Å². The normalized spacial score (nSPS) is 19.1. The molecule has 2 aliphatic rings. The second-order valence-corrected chi connectivity index (χ2v) is 11.0. The van der Waals surface area contributed by atoms with Crippen LogP contribution in [0.15, 0.2) is 34.2 Å². The molecule has 4 rings (SSSR count). The number of carbonyl (C=O) groups is 1. The number of carbonyl (C=O) groups excluding carboxylic acids is 1. The van der Waals surface area contributed by atoms with Gasteiger partial charge in [-0.2, -0.15) is 4.98 Å². The van der Waals surface area contributed by atoms with Gasteiger partial charge in [-0.1, -0.05) is 18.0 Å². The smallest absolute Gasteiger partial charge is 0.238 e. The van der Waals surface area contributed by atoms with Crippen LogP contribution in [0.3, 0.4) is 0 Å². The Hall–Kier alpha value is -2.63. The summed E-state index contributed by atoms with van der Waals surface area (Å²) in [7, 11) is -2.54. The SMILES string of the molecule is COc1ccc(S(=O)(=O)c2cnc(N3CCC(C(N)=O)(N4CCCCC4)CC3)nc2N)cc1Cl. The third-order valence-electron chi connectivity index (χ3n) is 6.79. The zero-order chi connectivity index (χ0) is 24.5. The van der Waals surface area contributed by atoms with Gasteiger partial charge in [0, 0.05) is 13.1 Å². The molecule has 1 amide bonds. The summed E-state index contributed by atoms with van der Waals surface area (Å²) in [6.45, 7) is 2.76. The van der Waals surface area contributed by atoms with E-state index >= 15 is 0 Å². The zero-order valence-electron chi connectivity index (χ0n) is 19.0. The minimum absolute atomic E-state index is 0.0351. The molecule has 3 heterocycles. The largest absolute Gasteiger partial charge is 0.495 e. The average molecular weight is 509 g/mol. The van der Waals surface area contributed by atoms with Crippen molar-refractivity contribution in [2.45, 2.75) is 47.4 Å². The highest BCUT2D eigenvalue weighted by Crippen LogP contribution is 2.34. The number of nitrogens with two attached hydrogens (primary N) is 2. The fourth-order valence-corrected chi connectivity index (χ4v) is 6.40. The summed E-state index contributed by atoms with van der Waals surface area (Å²) in [6, 6.07) is 4.17. The van der Waals surface area contributed by atoms with Gasteiger partial charge in [0.25, 0.3) is 0 Å². The predicted molar refractivity (Wildman–Crippen MR) is 129 cm³/mol. The molecule has 0 unspecified atom stereocenters. The van der Waals surface area contributed by atoms with Crippen LogP contribution in [0.2, 0.25) is 5.02 Å². The van der Waals surface area contributed by atoms with E-state index in [1.807, 2.05) is 4.90 Å². The second kappa shape index (κ2) is 9.55. The lowest BCUT2D eigenvalue weighted by atomic mass is 9.83. The van der Waals surface area contributed by atoms with E-state index in [-0.39, 0.29) is 26.5 Å². The number of sulfone groups is 1. The van der Waals surface area contributed by atoms with E-state index in [1.54, 1.807) is 0 Å². The monoisotopic (exact) mass is 508 g/mol. The molecule has 2 aliphatic heterocycles. The van der Waals surface area contributed by atoms with Crippen LogP contribution in [0.4, 0.5) is 11.8 Å². The van der Waals surface area contributed by atoms with Crippen molar-refractivity contribution < 1.29 is 17.9 Å². The number of nitrogen functional groups attached to an aromatic ring is 1. The summed E-state index contributed by atoms with van der Waals surface area (Å²) in [5, 5.41) is 0.166. The summed E-state index contributed by atoms with van der Waals surface area (Å²) >= 11 is 6.10. The van der Waals surface area contributed by atoms with Crippen LogP contribution in [0.25, 0.3) is 0 Å². The maximum absolute atomic E-state index is 13.1. The van der Waals surface area contributed by atoms with Gasteiger partial charge in [0.2, 0.25) is 21.7 Å². The Labute approximate surface area is 204 Å². The molecule has 12 heteroatoms. The third kappa shape index (κ3) is 4.39. The number of halogens is 1. The highest BCUT2D eigenvalue weighted by Gasteiger charge is 2.45. The van der Waals surface area contributed by atoms with Gasteiger partial charge < -0.3 is 21.1 Å². The van der Waals surface area contributed by atoms with E-state index in [1.165, 1.54) is 37.9 Å². The quantitative estimate of drug-likeness (QED) is 0.597. The summed E-state index contributed by atoms with van der Waals surface area (Å²) in [5.74, 6) is 0.233. The van der Waals surface area contributed by atoms with Crippen molar-refractivity contribution in [1.29, 1.82) is 0 Å². The van der Waals surface area contributed by atoms with Crippen molar-refractivity contribution in [1.82, 2.24) is 14.9 Å². The summed E-state index contributed by atoms with van der Waals surface area (Å²) < 4.78 is 31.3. The van der Waals surface area contributed by atoms with Crippen molar-refractivity contribution in [2.24, 2.45) is 5.73 Å². The Morgan fingerprint density at radius 3 is 2.38 bits per heavy atom. The molecule has 0 atom stereocenters. The molecule has 2 saturated heterocycles. The Morgan fingerprint density at radius 2 is 1.82 bits per heavy atom. The zero-order valence-corrected chi connectivity index (χ0v) is 20.6. The molecule has 2 aromatic rings. The molecule has 34 heavy (non-hydrogen) atoms. The molecule has 10 nitrogen and oxygen atoms in total. The first-order valence-electron chi connectivity index (χ1n) is 11.2. The number of likely N-dealkylation sites (tertiary alicyclic amines) is 1. The Kier molecular flexibility index (Phi) is 6.88. The van der Waals surface area contributed by atoms with Gasteiger partial charge in [-0.15, -0.1) is 0 Å². The van der Waals surface area contributed by atoms with Crippen LogP contribution in [-0.2, 0) is 14.6 Å². The van der Waals surface area contributed by atoms with Gasteiger partial charge in [-0.05, 0) is 57.0 Å². The predicted octanol–water partition coefficient (Wildman–Crippen LogP) is 1.86. The maximum Gasteiger partial charge on any atom is 0.238 e. The second-order valence-electron chi connectivity index (χ2n) is 8.65. The van der Waals surface area contributed by atoms with Crippen molar-refractivity contribution in [2.75, 3.05) is 43.9 Å². The average Bonchev–Trinajstić information content (AvgIpc) is 2.84. The lowest BCUT2D eigenvalue weighted by molar-refractivity contribution is -0.132. The van der Waals surface area contributed by atoms with Crippen molar-refractivity contribution in [3.05, 3.63) is 29.4 Å². The first kappa shape index (κ1) is 24.5. The number of aromatic nitrogens is 2. The number of hydrogen-bond donors (Lipinski definition) is 2. The summed E-state index contributed by atoms with van der Waals surface area (Å²) in [5.41, 5.74) is 11.3. The number of methoxy groups -OCH3 is 1. The molecular weight excluding hydrogens is 480 g/mol. The van der Waals surface area contributed by atoms with Gasteiger partial charge in [-0.3, -0.25) is 9.69 Å². The number of primary amides is 1. The van der Waals surface area contributed by atoms with Crippen LogP contribution >= 0.6 is 11.6 Å². The fraction of sp³-hybridized carbons (Fsp3) is 0.500. The molecule has 2 fully saturated rings. The molecule has 1 aromatic heterocycles. The van der Waals surface area contributed by atoms with Gasteiger partial charge in [-0.25, -0.2) is 13.4 Å². The summed E-state index contributed by atoms with van der Waals surface area (Å²) in [6.07, 6.45) is 5.61. The first-order valence-corrected chi connectivity index (χ1v) is 13.1. The molecule has 0 bridgehead atoms. The van der Waals surface area contributed by atoms with E-state index in [9.17, 15) is 13.2 Å². The van der Waals surface area contributed by atoms with E-state index in [0.717, 1.165) is 25.9 Å². The van der Waals surface area contributed by atoms with Gasteiger partial charge >= 0.3 is 0 Å². The topological polar surface area (TPSA) is 145 Å². The van der Waals surface area contributed by atoms with Crippen LogP contribution in [0.5, 0.6) is 5.75 Å². The molecule has 4 N–H and O–H groups in total. The number of ether oxygens (including phenoxy) is 1. The van der Waals surface area contributed by atoms with Crippen molar-refractivity contribution >= 4 is 39.1 Å². The van der Waals surface area contributed by atoms with Gasteiger partial charge in [0.15, 0.2) is 0 Å². The number of anilines is 2. The Bertz CT molecular complexity index is 1180. The Balaban J connectivity index is 1.54. The van der Waals surface area contributed by atoms with E-state index in [0.29, 0.717) is 37.6 Å². The number of nitrogens with zero attached hydrogens (tertiary/aromatic N) is 4. The lowest BCUT2D eigenvalue weighted by Gasteiger charge is -2.48. The van der Waals surface area contributed by atoms with Crippen LogP contribution in [-0.4, -0.2) is 68.0 Å². The van der Waals surface area contributed by atoms with Crippen LogP contribution in [0, 0.1) is 0 Å². The molecule has 0 aliphatic carbocycles. The molecule has 0 spiro atoms. The molecule has 184 valence electrons. The first-order chi connectivity index (χ1) is 16.2. The Morgan fingerprint density at radius 1 is 1.15 bits per heavy atom. The highest BCUT2D eigenvalue weighted by atomic mass is 35.5. The van der Waals surface area contributed by atoms with Gasteiger partial charge in [0.1, 0.15) is 22.0 Å². The van der Waals surface area contributed by atoms with E-state index in [2.05, 4.69) is 14.9 Å². The molecule has 1 aromatic carbocycles. The molecular formula is C22H29ClN6O4S. The number of rotatable bonds is 6. The van der Waals surface area contributed by atoms with E-state index < -0.39 is 15.4 Å². The standard InChI is InChI=1S/C22H29ClN6O4S/c1-33-17-6-5-15(13-16(17)23)34(31,32)18-14-26-21(27-19(18)24)28-11-7-22(8-12-28,20(25)30)29-9-3-2-4-10-29/h5-6,13-14H,2-4,7-12H2,1H3,(H2,25,30)(H2,24,26,27). The number of benzene rings is 1. The third-order valence-corrected chi connectivity index (χ3v) is 8.85. The summed E-state index contributed by atoms with van der Waals surface area (Å²) in [4.78, 5) is 24.9. The minimum atomic E-state index is -3.99. The number of piperidine rings is 2. The lowest BCUT2D eigenvalue weighted by Crippen LogP contribution is -2.63. The molecule has 0 radical (unpaired) electrons. The van der Waals surface area contributed by atoms with Crippen LogP contribution < -0.4 is 21.1 Å². The van der Waals surface area contributed by atoms with Gasteiger partial charge in [0.05, 0.1) is 23.2 Å². The highest BCUT2D eigenvalue weighted by molar-refractivity contribution is 7.91. The maximum atomic E-state index is 13.1. The molecule has 0 saturated carbocycles. The minimum Gasteiger partial charge on any atom is -0.495 e.